The Morgan fingerprint density at radius 2 is 1.12 bits per heavy atom. The van der Waals surface area contributed by atoms with Crippen LogP contribution in [0.1, 0.15) is 11.1 Å². The molecule has 0 aliphatic carbocycles. The van der Waals surface area contributed by atoms with Gasteiger partial charge in [0, 0.05) is 32.7 Å². The van der Waals surface area contributed by atoms with Crippen molar-refractivity contribution >= 4 is 43.9 Å². The molecule has 8 rings (SSSR count). The molecule has 0 saturated carbocycles. The quantitative estimate of drug-likeness (QED) is 0.225. The van der Waals surface area contributed by atoms with E-state index in [1.165, 1.54) is 0 Å². The van der Waals surface area contributed by atoms with Crippen molar-refractivity contribution in [1.82, 2.24) is 0 Å². The molecule has 0 fully saturated rings. The van der Waals surface area contributed by atoms with Crippen molar-refractivity contribution in [3.8, 4) is 45.5 Å². The predicted octanol–water partition coefficient (Wildman–Crippen LogP) is 10.2. The predicted molar refractivity (Wildman–Crippen MR) is 167 cm³/mol. The molecule has 0 N–H and O–H groups in total. The fourth-order valence-corrected chi connectivity index (χ4v) is 6.03. The van der Waals surface area contributed by atoms with Crippen LogP contribution in [-0.2, 0) is 0 Å². The first-order valence-corrected chi connectivity index (χ1v) is 13.6. The minimum absolute atomic E-state index is 0.570. The van der Waals surface area contributed by atoms with Crippen molar-refractivity contribution in [3.05, 3.63) is 132 Å². The molecule has 8 aromatic rings. The molecule has 0 aliphatic heterocycles. The van der Waals surface area contributed by atoms with Gasteiger partial charge in [-0.1, -0.05) is 66.7 Å². The minimum Gasteiger partial charge on any atom is -0.456 e. The lowest BCUT2D eigenvalue weighted by molar-refractivity contribution is 0.668. The molecule has 4 nitrogen and oxygen atoms in total. The standard InChI is InChI=1S/C38H20N2O2/c39-21-23-7-5-8-24(17-23)26-19-30(25-15-16-36-32(18-25)27-9-1-3-12-34(27)41-36)33(22-40)31(20-26)28-11-6-14-37-38(28)29-10-2-4-13-35(29)42-37/h1-20H. The van der Waals surface area contributed by atoms with E-state index in [1.807, 2.05) is 84.9 Å². The van der Waals surface area contributed by atoms with Gasteiger partial charge in [-0.25, -0.2) is 0 Å². The summed E-state index contributed by atoms with van der Waals surface area (Å²) in [4.78, 5) is 0. The monoisotopic (exact) mass is 536 g/mol. The van der Waals surface area contributed by atoms with Gasteiger partial charge in [0.05, 0.1) is 17.2 Å². The second kappa shape index (κ2) is 9.24. The molecule has 2 heterocycles. The molecule has 0 aliphatic rings. The van der Waals surface area contributed by atoms with Crippen molar-refractivity contribution in [1.29, 1.82) is 10.5 Å². The molecule has 0 atom stereocenters. The summed E-state index contributed by atoms with van der Waals surface area (Å²) >= 11 is 0. The Hall–Kier alpha value is -6.10. The molecular weight excluding hydrogens is 516 g/mol. The smallest absolute Gasteiger partial charge is 0.136 e. The summed E-state index contributed by atoms with van der Waals surface area (Å²) in [5, 5.41) is 24.3. The third kappa shape index (κ3) is 3.60. The third-order valence-corrected chi connectivity index (χ3v) is 7.96. The highest BCUT2D eigenvalue weighted by Crippen LogP contribution is 2.43. The zero-order valence-corrected chi connectivity index (χ0v) is 22.3. The van der Waals surface area contributed by atoms with E-state index in [-0.39, 0.29) is 0 Å². The SMILES string of the molecule is N#Cc1cccc(-c2cc(-c3ccc4oc5ccccc5c4c3)c(C#N)c(-c3cccc4oc5ccccc5c34)c2)c1. The molecule has 0 spiro atoms. The minimum atomic E-state index is 0.570. The third-order valence-electron chi connectivity index (χ3n) is 7.96. The number of nitriles is 2. The Morgan fingerprint density at radius 3 is 1.95 bits per heavy atom. The fraction of sp³-hybridized carbons (Fsp3) is 0. The van der Waals surface area contributed by atoms with Gasteiger partial charge in [0.2, 0.25) is 0 Å². The lowest BCUT2D eigenvalue weighted by Gasteiger charge is -2.15. The zero-order chi connectivity index (χ0) is 28.2. The maximum absolute atomic E-state index is 10.7. The summed E-state index contributed by atoms with van der Waals surface area (Å²) in [7, 11) is 0. The van der Waals surface area contributed by atoms with E-state index in [1.54, 1.807) is 6.07 Å². The molecule has 0 saturated heterocycles. The van der Waals surface area contributed by atoms with E-state index in [9.17, 15) is 10.5 Å². The van der Waals surface area contributed by atoms with Crippen LogP contribution >= 0.6 is 0 Å². The topological polar surface area (TPSA) is 73.9 Å². The number of hydrogen-bond acceptors (Lipinski definition) is 4. The lowest BCUT2D eigenvalue weighted by Crippen LogP contribution is -1.93. The van der Waals surface area contributed by atoms with Crippen molar-refractivity contribution in [2.45, 2.75) is 0 Å². The van der Waals surface area contributed by atoms with Crippen molar-refractivity contribution in [2.75, 3.05) is 0 Å². The summed E-state index contributed by atoms with van der Waals surface area (Å²) in [5.74, 6) is 0. The first kappa shape index (κ1) is 23.8. The maximum atomic E-state index is 10.7. The van der Waals surface area contributed by atoms with Gasteiger partial charge in [-0.3, -0.25) is 0 Å². The van der Waals surface area contributed by atoms with Gasteiger partial charge in [-0.2, -0.15) is 10.5 Å². The number of rotatable bonds is 3. The van der Waals surface area contributed by atoms with Crippen LogP contribution in [-0.4, -0.2) is 0 Å². The van der Waals surface area contributed by atoms with Crippen molar-refractivity contribution < 1.29 is 8.83 Å². The van der Waals surface area contributed by atoms with E-state index in [4.69, 9.17) is 8.83 Å². The average Bonchev–Trinajstić information content (AvgIpc) is 3.62. The van der Waals surface area contributed by atoms with Crippen LogP contribution in [0.5, 0.6) is 0 Å². The highest BCUT2D eigenvalue weighted by atomic mass is 16.3. The van der Waals surface area contributed by atoms with Crippen LogP contribution in [0.2, 0.25) is 0 Å². The van der Waals surface area contributed by atoms with E-state index in [0.29, 0.717) is 11.1 Å². The number of furan rings is 2. The molecule has 0 unspecified atom stereocenters. The summed E-state index contributed by atoms with van der Waals surface area (Å²) in [6.07, 6.45) is 0. The van der Waals surface area contributed by atoms with Gasteiger partial charge < -0.3 is 8.83 Å². The van der Waals surface area contributed by atoms with E-state index in [2.05, 4.69) is 42.5 Å². The molecule has 0 amide bonds. The summed E-state index contributed by atoms with van der Waals surface area (Å²) in [6.45, 7) is 0. The van der Waals surface area contributed by atoms with E-state index >= 15 is 0 Å². The molecule has 6 aromatic carbocycles. The van der Waals surface area contributed by atoms with Gasteiger partial charge in [-0.15, -0.1) is 0 Å². The van der Waals surface area contributed by atoms with Crippen LogP contribution < -0.4 is 0 Å². The molecule has 194 valence electrons. The number of fused-ring (bicyclic) bond motifs is 6. The molecule has 0 radical (unpaired) electrons. The summed E-state index contributed by atoms with van der Waals surface area (Å²) in [6, 6.07) is 44.5. The Labute approximate surface area is 240 Å². The first-order chi connectivity index (χ1) is 20.7. The summed E-state index contributed by atoms with van der Waals surface area (Å²) < 4.78 is 12.3. The normalized spacial score (nSPS) is 11.3. The molecule has 4 heteroatoms. The number of nitrogens with zero attached hydrogens (tertiary/aromatic N) is 2. The zero-order valence-electron chi connectivity index (χ0n) is 22.3. The average molecular weight is 537 g/mol. The number of para-hydroxylation sites is 2. The van der Waals surface area contributed by atoms with Crippen LogP contribution in [0.3, 0.4) is 0 Å². The van der Waals surface area contributed by atoms with Crippen LogP contribution in [0.4, 0.5) is 0 Å². The highest BCUT2D eigenvalue weighted by Gasteiger charge is 2.20. The largest absolute Gasteiger partial charge is 0.456 e. The Balaban J connectivity index is 1.47. The number of benzene rings is 6. The van der Waals surface area contributed by atoms with Gasteiger partial charge in [0.15, 0.2) is 0 Å². The van der Waals surface area contributed by atoms with Crippen molar-refractivity contribution in [3.63, 3.8) is 0 Å². The van der Waals surface area contributed by atoms with Gasteiger partial charge in [0.1, 0.15) is 28.4 Å². The fourth-order valence-electron chi connectivity index (χ4n) is 6.03. The summed E-state index contributed by atoms with van der Waals surface area (Å²) in [5.41, 5.74) is 9.60. The molecule has 42 heavy (non-hydrogen) atoms. The van der Waals surface area contributed by atoms with Gasteiger partial charge in [0.25, 0.3) is 0 Å². The van der Waals surface area contributed by atoms with Gasteiger partial charge >= 0.3 is 0 Å². The molecule has 0 bridgehead atoms. The number of hydrogen-bond donors (Lipinski definition) is 0. The van der Waals surface area contributed by atoms with E-state index < -0.39 is 0 Å². The lowest BCUT2D eigenvalue weighted by atomic mass is 9.86. The second-order valence-electron chi connectivity index (χ2n) is 10.3. The van der Waals surface area contributed by atoms with Crippen LogP contribution in [0.25, 0.3) is 77.3 Å². The molecule has 2 aromatic heterocycles. The van der Waals surface area contributed by atoms with Crippen LogP contribution in [0.15, 0.2) is 130 Å². The second-order valence-corrected chi connectivity index (χ2v) is 10.3. The Bertz CT molecular complexity index is 2450. The van der Waals surface area contributed by atoms with E-state index in [0.717, 1.165) is 77.3 Å². The van der Waals surface area contributed by atoms with Crippen LogP contribution in [0, 0.1) is 22.7 Å². The highest BCUT2D eigenvalue weighted by molar-refractivity contribution is 6.13. The van der Waals surface area contributed by atoms with Crippen molar-refractivity contribution in [2.24, 2.45) is 0 Å². The van der Waals surface area contributed by atoms with Gasteiger partial charge in [-0.05, 0) is 76.9 Å². The Morgan fingerprint density at radius 1 is 0.429 bits per heavy atom. The molecular formula is C38H20N2O2. The maximum Gasteiger partial charge on any atom is 0.136 e. The first-order valence-electron chi connectivity index (χ1n) is 13.6. The Kier molecular flexibility index (Phi) is 5.22.